The number of anilines is 2. The zero-order valence-electron chi connectivity index (χ0n) is 17.3. The Labute approximate surface area is 179 Å². The largest absolute Gasteiger partial charge is 0.419 e. The van der Waals surface area contributed by atoms with Gasteiger partial charge in [-0.2, -0.15) is 0 Å². The predicted molar refractivity (Wildman–Crippen MR) is 119 cm³/mol. The summed E-state index contributed by atoms with van der Waals surface area (Å²) in [6, 6.07) is 14.9. The first kappa shape index (κ1) is 20.7. The van der Waals surface area contributed by atoms with E-state index >= 15 is 0 Å². The van der Waals surface area contributed by atoms with Crippen LogP contribution in [-0.2, 0) is 16.1 Å². The van der Waals surface area contributed by atoms with Crippen molar-refractivity contribution in [1.82, 2.24) is 4.57 Å². The lowest BCUT2D eigenvalue weighted by Crippen LogP contribution is -2.38. The summed E-state index contributed by atoms with van der Waals surface area (Å²) in [6.45, 7) is 1.85. The smallest absolute Gasteiger partial charge is 0.408 e. The average Bonchev–Trinajstić information content (AvgIpc) is 3.09. The molecule has 162 valence electrons. The number of amides is 2. The lowest BCUT2D eigenvalue weighted by molar-refractivity contribution is -0.122. The van der Waals surface area contributed by atoms with Gasteiger partial charge in [0.15, 0.2) is 5.58 Å². The van der Waals surface area contributed by atoms with Gasteiger partial charge >= 0.3 is 5.76 Å². The van der Waals surface area contributed by atoms with Crippen molar-refractivity contribution in [3.8, 4) is 0 Å². The third-order valence-corrected chi connectivity index (χ3v) is 5.78. The maximum absolute atomic E-state index is 12.6. The van der Waals surface area contributed by atoms with Crippen molar-refractivity contribution in [2.45, 2.75) is 32.2 Å². The van der Waals surface area contributed by atoms with Crippen LogP contribution in [-0.4, -0.2) is 29.5 Å². The molecule has 1 fully saturated rings. The number of primary amides is 1. The summed E-state index contributed by atoms with van der Waals surface area (Å²) in [7, 11) is 0. The van der Waals surface area contributed by atoms with E-state index in [1.807, 2.05) is 42.5 Å². The summed E-state index contributed by atoms with van der Waals surface area (Å²) in [5.74, 6) is -0.849. The van der Waals surface area contributed by atoms with Crippen LogP contribution in [0, 0.1) is 5.92 Å². The van der Waals surface area contributed by atoms with E-state index in [1.54, 1.807) is 10.6 Å². The number of carbonyl (C=O) groups excluding carboxylic acids is 2. The Balaban J connectivity index is 1.35. The number of oxazole rings is 1. The van der Waals surface area contributed by atoms with Crippen molar-refractivity contribution < 1.29 is 14.0 Å². The van der Waals surface area contributed by atoms with Crippen LogP contribution in [0.1, 0.15) is 25.7 Å². The second-order valence-electron chi connectivity index (χ2n) is 7.82. The Kier molecular flexibility index (Phi) is 6.06. The zero-order chi connectivity index (χ0) is 21.8. The number of aromatic nitrogens is 1. The van der Waals surface area contributed by atoms with E-state index in [9.17, 15) is 14.4 Å². The van der Waals surface area contributed by atoms with Crippen LogP contribution in [0.3, 0.4) is 0 Å². The number of nitrogens with two attached hydrogens (primary N) is 1. The van der Waals surface area contributed by atoms with Crippen molar-refractivity contribution in [3.05, 3.63) is 59.1 Å². The normalized spacial score (nSPS) is 14.6. The van der Waals surface area contributed by atoms with Crippen molar-refractivity contribution in [3.63, 3.8) is 0 Å². The molecule has 0 spiro atoms. The van der Waals surface area contributed by atoms with E-state index in [4.69, 9.17) is 10.2 Å². The van der Waals surface area contributed by atoms with Gasteiger partial charge in [0.2, 0.25) is 11.8 Å². The number of fused-ring (bicyclic) bond motifs is 1. The molecule has 0 bridgehead atoms. The fourth-order valence-electron chi connectivity index (χ4n) is 4.10. The van der Waals surface area contributed by atoms with Crippen LogP contribution in [0.25, 0.3) is 11.1 Å². The van der Waals surface area contributed by atoms with Gasteiger partial charge in [0.1, 0.15) is 0 Å². The summed E-state index contributed by atoms with van der Waals surface area (Å²) in [6.07, 6.45) is 2.22. The fourth-order valence-corrected chi connectivity index (χ4v) is 4.10. The molecule has 8 nitrogen and oxygen atoms in total. The highest BCUT2D eigenvalue weighted by Crippen LogP contribution is 2.30. The molecule has 2 heterocycles. The number of carbonyl (C=O) groups is 2. The topological polar surface area (TPSA) is 111 Å². The number of hydrogen-bond donors (Lipinski definition) is 2. The first-order valence-electron chi connectivity index (χ1n) is 10.5. The molecule has 31 heavy (non-hydrogen) atoms. The first-order valence-corrected chi connectivity index (χ1v) is 10.5. The predicted octanol–water partition coefficient (Wildman–Crippen LogP) is 2.72. The van der Waals surface area contributed by atoms with Crippen LogP contribution in [0.5, 0.6) is 0 Å². The van der Waals surface area contributed by atoms with Crippen LogP contribution in [0.2, 0.25) is 0 Å². The van der Waals surface area contributed by atoms with Gasteiger partial charge in [0.05, 0.1) is 16.9 Å². The third kappa shape index (κ3) is 4.63. The number of hydrogen-bond acceptors (Lipinski definition) is 5. The number of piperidine rings is 1. The number of nitrogens with zero attached hydrogens (tertiary/aromatic N) is 2. The molecule has 1 saturated heterocycles. The van der Waals surface area contributed by atoms with Crippen LogP contribution < -0.4 is 21.7 Å². The third-order valence-electron chi connectivity index (χ3n) is 5.78. The minimum Gasteiger partial charge on any atom is -0.408 e. The minimum atomic E-state index is -0.411. The van der Waals surface area contributed by atoms with Gasteiger partial charge < -0.3 is 20.4 Å². The molecule has 2 aromatic carbocycles. The zero-order valence-corrected chi connectivity index (χ0v) is 17.3. The van der Waals surface area contributed by atoms with E-state index in [0.29, 0.717) is 31.4 Å². The highest BCUT2D eigenvalue weighted by molar-refractivity contribution is 5.94. The maximum Gasteiger partial charge on any atom is 0.419 e. The quantitative estimate of drug-likeness (QED) is 0.608. The number of nitrogens with one attached hydrogen (secondary N) is 1. The Bertz CT molecular complexity index is 1140. The molecule has 1 aromatic heterocycles. The van der Waals surface area contributed by atoms with E-state index in [-0.39, 0.29) is 24.2 Å². The van der Waals surface area contributed by atoms with Gasteiger partial charge in [-0.3, -0.25) is 14.2 Å². The molecule has 0 radical (unpaired) electrons. The van der Waals surface area contributed by atoms with E-state index in [2.05, 4.69) is 10.2 Å². The molecule has 0 atom stereocenters. The van der Waals surface area contributed by atoms with E-state index in [1.165, 1.54) is 0 Å². The molecular weight excluding hydrogens is 396 g/mol. The van der Waals surface area contributed by atoms with Crippen LogP contribution in [0.15, 0.2) is 57.7 Å². The Morgan fingerprint density at radius 3 is 2.55 bits per heavy atom. The lowest BCUT2D eigenvalue weighted by atomic mass is 9.96. The highest BCUT2D eigenvalue weighted by Gasteiger charge is 2.24. The summed E-state index contributed by atoms with van der Waals surface area (Å²) in [4.78, 5) is 38.2. The van der Waals surface area contributed by atoms with E-state index < -0.39 is 5.76 Å². The van der Waals surface area contributed by atoms with Gasteiger partial charge in [-0.15, -0.1) is 0 Å². The molecule has 3 N–H and O–H groups in total. The van der Waals surface area contributed by atoms with Crippen molar-refractivity contribution in [1.29, 1.82) is 0 Å². The molecule has 1 aliphatic rings. The van der Waals surface area contributed by atoms with Gasteiger partial charge in [0.25, 0.3) is 0 Å². The number of rotatable bonds is 7. The molecule has 0 unspecified atom stereocenters. The second-order valence-corrected chi connectivity index (χ2v) is 7.82. The number of aryl methyl sites for hydroxylation is 1. The molecular formula is C23H26N4O4. The molecule has 0 saturated carbocycles. The van der Waals surface area contributed by atoms with E-state index in [0.717, 1.165) is 30.0 Å². The first-order chi connectivity index (χ1) is 15.0. The molecule has 3 aromatic rings. The average molecular weight is 422 g/mol. The minimum absolute atomic E-state index is 0.0830. The number of para-hydroxylation sites is 4. The monoisotopic (exact) mass is 422 g/mol. The number of benzene rings is 2. The molecule has 0 aliphatic carbocycles. The summed E-state index contributed by atoms with van der Waals surface area (Å²) < 4.78 is 6.78. The van der Waals surface area contributed by atoms with Gasteiger partial charge in [-0.05, 0) is 43.5 Å². The fraction of sp³-hybridized carbons (Fsp3) is 0.348. The molecule has 2 amide bonds. The summed E-state index contributed by atoms with van der Waals surface area (Å²) in [5.41, 5.74) is 8.39. The molecule has 8 heteroatoms. The summed E-state index contributed by atoms with van der Waals surface area (Å²) >= 11 is 0. The second kappa shape index (κ2) is 9.07. The lowest BCUT2D eigenvalue weighted by Gasteiger charge is -2.33. The van der Waals surface area contributed by atoms with Gasteiger partial charge in [-0.25, -0.2) is 4.79 Å². The Morgan fingerprint density at radius 1 is 1.06 bits per heavy atom. The van der Waals surface area contributed by atoms with Crippen LogP contribution in [0.4, 0.5) is 11.4 Å². The van der Waals surface area contributed by atoms with Crippen molar-refractivity contribution in [2.24, 2.45) is 11.7 Å². The van der Waals surface area contributed by atoms with Gasteiger partial charge in [-0.1, -0.05) is 24.3 Å². The SMILES string of the molecule is NC(=O)C1CCN(c2ccccc2NC(=O)CCCn2c(=O)oc3ccccc32)CC1. The standard InChI is InChI=1S/C23H26N4O4/c24-22(29)16-11-14-26(15-12-16)18-7-2-1-6-17(18)25-21(28)10-5-13-27-19-8-3-4-9-20(19)31-23(27)30/h1-4,6-9,16H,5,10-15H2,(H2,24,29)(H,25,28). The Hall–Kier alpha value is -3.55. The van der Waals surface area contributed by atoms with Crippen LogP contribution >= 0.6 is 0 Å². The van der Waals surface area contributed by atoms with Crippen molar-refractivity contribution >= 4 is 34.3 Å². The van der Waals surface area contributed by atoms with Gasteiger partial charge in [0, 0.05) is 32.0 Å². The molecule has 1 aliphatic heterocycles. The van der Waals surface area contributed by atoms with Crippen molar-refractivity contribution in [2.75, 3.05) is 23.3 Å². The summed E-state index contributed by atoms with van der Waals surface area (Å²) in [5, 5.41) is 2.99. The molecule has 4 rings (SSSR count). The highest BCUT2D eigenvalue weighted by atomic mass is 16.4. The Morgan fingerprint density at radius 2 is 1.77 bits per heavy atom. The maximum atomic E-state index is 12.6.